The number of carbonyl (C=O) groups is 3. The van der Waals surface area contributed by atoms with Gasteiger partial charge >= 0.3 is 0 Å². The highest BCUT2D eigenvalue weighted by atomic mass is 16.5. The highest BCUT2D eigenvalue weighted by Gasteiger charge is 2.47. The van der Waals surface area contributed by atoms with E-state index in [4.69, 9.17) is 14.9 Å². The number of hydrogen-bond donors (Lipinski definition) is 4. The maximum Gasteiger partial charge on any atom is 0.293 e. The molecule has 9 nitrogen and oxygen atoms in total. The molecule has 2 aliphatic rings. The summed E-state index contributed by atoms with van der Waals surface area (Å²) in [4.78, 5) is 36.3. The lowest BCUT2D eigenvalue weighted by molar-refractivity contribution is -0.153. The van der Waals surface area contributed by atoms with Crippen LogP contribution in [-0.2, 0) is 23.9 Å². The highest BCUT2D eigenvalue weighted by molar-refractivity contribution is 6.11. The summed E-state index contributed by atoms with van der Waals surface area (Å²) >= 11 is 0. The van der Waals surface area contributed by atoms with Crippen LogP contribution >= 0.6 is 0 Å². The van der Waals surface area contributed by atoms with E-state index in [-0.39, 0.29) is 47.1 Å². The zero-order valence-corrected chi connectivity index (χ0v) is 23.5. The number of carbonyl (C=O) groups excluding carboxylic acids is 3. The molecule has 208 valence electrons. The second-order valence-corrected chi connectivity index (χ2v) is 11.8. The normalized spacial score (nSPS) is 28.2. The van der Waals surface area contributed by atoms with Gasteiger partial charge in [0, 0.05) is 24.9 Å². The lowest BCUT2D eigenvalue weighted by Crippen LogP contribution is -2.54. The fourth-order valence-corrected chi connectivity index (χ4v) is 5.63. The average Bonchev–Trinajstić information content (AvgIpc) is 2.79. The van der Waals surface area contributed by atoms with Crippen LogP contribution in [0.3, 0.4) is 0 Å². The molecule has 2 bridgehead atoms. The van der Waals surface area contributed by atoms with Gasteiger partial charge in [-0.1, -0.05) is 27.7 Å². The Morgan fingerprint density at radius 3 is 2.51 bits per heavy atom. The number of rotatable bonds is 13. The van der Waals surface area contributed by atoms with Crippen LogP contribution in [0.2, 0.25) is 0 Å². The van der Waals surface area contributed by atoms with Crippen LogP contribution in [0, 0.1) is 29.1 Å². The van der Waals surface area contributed by atoms with Crippen molar-refractivity contribution >= 4 is 24.5 Å². The molecule has 5 atom stereocenters. The molecule has 37 heavy (non-hydrogen) atoms. The topological polar surface area (TPSA) is 130 Å². The minimum Gasteiger partial charge on any atom is -0.478 e. The molecule has 2 saturated carbocycles. The summed E-state index contributed by atoms with van der Waals surface area (Å²) < 4.78 is 11.4. The molecule has 0 aromatic heterocycles. The monoisotopic (exact) mass is 518 g/mol. The second-order valence-electron chi connectivity index (χ2n) is 11.8. The number of hydrogen-bond acceptors (Lipinski definition) is 7. The molecule has 2 fully saturated rings. The van der Waals surface area contributed by atoms with Crippen molar-refractivity contribution < 1.29 is 23.9 Å². The molecule has 0 aliphatic heterocycles. The lowest BCUT2D eigenvalue weighted by Gasteiger charge is -2.50. The molecule has 0 aromatic rings. The van der Waals surface area contributed by atoms with E-state index in [1.165, 1.54) is 0 Å². The Balaban J connectivity index is 2.24. The molecule has 2 amide bonds. The van der Waals surface area contributed by atoms with Crippen molar-refractivity contribution in [2.24, 2.45) is 23.7 Å². The van der Waals surface area contributed by atoms with Crippen molar-refractivity contribution in [3.63, 3.8) is 0 Å². The number of amides is 2. The molecule has 0 saturated heterocycles. The van der Waals surface area contributed by atoms with Gasteiger partial charge in [-0.2, -0.15) is 0 Å². The van der Waals surface area contributed by atoms with E-state index >= 15 is 0 Å². The van der Waals surface area contributed by atoms with Gasteiger partial charge in [0.05, 0.1) is 12.1 Å². The van der Waals surface area contributed by atoms with Crippen molar-refractivity contribution in [3.05, 3.63) is 23.7 Å². The zero-order valence-electron chi connectivity index (χ0n) is 23.5. The maximum atomic E-state index is 13.5. The third-order valence-corrected chi connectivity index (χ3v) is 7.20. The first-order chi connectivity index (χ1) is 17.3. The summed E-state index contributed by atoms with van der Waals surface area (Å²) in [6.07, 6.45) is 8.25. The SMILES string of the molecule is CCC(=O)NC(C)(C)/C=C/N/C(OCC(C)C)=C(\C=N)C(=O)NC1C(C)CC2CC1C[C@@](C)(OC=O)C2. The molecule has 0 spiro atoms. The van der Waals surface area contributed by atoms with Gasteiger partial charge in [-0.05, 0) is 76.2 Å². The van der Waals surface area contributed by atoms with Gasteiger partial charge in [0.25, 0.3) is 12.4 Å². The summed E-state index contributed by atoms with van der Waals surface area (Å²) in [5.41, 5.74) is -1.03. The van der Waals surface area contributed by atoms with Crippen LogP contribution in [0.25, 0.3) is 0 Å². The van der Waals surface area contributed by atoms with E-state index in [0.29, 0.717) is 31.8 Å². The highest BCUT2D eigenvalue weighted by Crippen LogP contribution is 2.47. The molecule has 0 radical (unpaired) electrons. The minimum absolute atomic E-state index is 0.0674. The Morgan fingerprint density at radius 2 is 1.92 bits per heavy atom. The molecular formula is C28H46N4O5. The van der Waals surface area contributed by atoms with Crippen LogP contribution in [0.15, 0.2) is 23.7 Å². The van der Waals surface area contributed by atoms with Gasteiger partial charge in [0.15, 0.2) is 0 Å². The predicted octanol–water partition coefficient (Wildman–Crippen LogP) is 3.80. The van der Waals surface area contributed by atoms with E-state index < -0.39 is 11.1 Å². The van der Waals surface area contributed by atoms with Crippen molar-refractivity contribution in [1.82, 2.24) is 16.0 Å². The zero-order chi connectivity index (χ0) is 27.8. The fourth-order valence-electron chi connectivity index (χ4n) is 5.63. The Morgan fingerprint density at radius 1 is 1.22 bits per heavy atom. The first-order valence-electron chi connectivity index (χ1n) is 13.4. The average molecular weight is 519 g/mol. The largest absolute Gasteiger partial charge is 0.478 e. The Labute approximate surface area is 221 Å². The lowest BCUT2D eigenvalue weighted by atomic mass is 9.61. The number of fused-ring (bicyclic) bond motifs is 2. The molecule has 4 N–H and O–H groups in total. The van der Waals surface area contributed by atoms with Crippen LogP contribution in [0.4, 0.5) is 0 Å². The van der Waals surface area contributed by atoms with E-state index in [2.05, 4.69) is 22.9 Å². The summed E-state index contributed by atoms with van der Waals surface area (Å²) in [5, 5.41) is 17.1. The third kappa shape index (κ3) is 8.90. The summed E-state index contributed by atoms with van der Waals surface area (Å²) in [6.45, 7) is 14.5. The van der Waals surface area contributed by atoms with Gasteiger partial charge in [0.1, 0.15) is 11.2 Å². The van der Waals surface area contributed by atoms with Crippen LogP contribution in [0.5, 0.6) is 0 Å². The van der Waals surface area contributed by atoms with Crippen molar-refractivity contribution in [1.29, 1.82) is 5.41 Å². The molecule has 2 aliphatic carbocycles. The van der Waals surface area contributed by atoms with E-state index in [0.717, 1.165) is 25.5 Å². The first-order valence-corrected chi connectivity index (χ1v) is 13.4. The Kier molecular flexibility index (Phi) is 10.8. The Hall–Kier alpha value is -2.84. The summed E-state index contributed by atoms with van der Waals surface area (Å²) in [7, 11) is 0. The third-order valence-electron chi connectivity index (χ3n) is 7.20. The van der Waals surface area contributed by atoms with E-state index in [9.17, 15) is 14.4 Å². The number of nitrogens with one attached hydrogen (secondary N) is 4. The smallest absolute Gasteiger partial charge is 0.293 e. The first kappa shape index (κ1) is 30.4. The molecular weight excluding hydrogens is 472 g/mol. The summed E-state index contributed by atoms with van der Waals surface area (Å²) in [5.74, 6) is 0.848. The molecule has 4 unspecified atom stereocenters. The fraction of sp³-hybridized carbons (Fsp3) is 0.714. The van der Waals surface area contributed by atoms with Gasteiger partial charge in [-0.15, -0.1) is 0 Å². The van der Waals surface area contributed by atoms with Crippen LogP contribution < -0.4 is 16.0 Å². The van der Waals surface area contributed by atoms with Crippen LogP contribution in [-0.4, -0.2) is 48.3 Å². The van der Waals surface area contributed by atoms with Crippen molar-refractivity contribution in [2.75, 3.05) is 6.61 Å². The van der Waals surface area contributed by atoms with Gasteiger partial charge in [0.2, 0.25) is 11.8 Å². The molecule has 2 rings (SSSR count). The maximum absolute atomic E-state index is 13.5. The van der Waals surface area contributed by atoms with Crippen LogP contribution in [0.1, 0.15) is 80.6 Å². The Bertz CT molecular complexity index is 895. The quantitative estimate of drug-likeness (QED) is 0.127. The van der Waals surface area contributed by atoms with Gasteiger partial charge < -0.3 is 30.8 Å². The second kappa shape index (κ2) is 13.1. The minimum atomic E-state index is -0.609. The molecule has 0 heterocycles. The van der Waals surface area contributed by atoms with Gasteiger partial charge in [-0.25, -0.2) is 0 Å². The summed E-state index contributed by atoms with van der Waals surface area (Å²) in [6, 6.07) is -0.0985. The van der Waals surface area contributed by atoms with E-state index in [1.54, 1.807) is 19.2 Å². The molecule has 0 aromatic carbocycles. The molecule has 9 heteroatoms. The van der Waals surface area contributed by atoms with E-state index in [1.807, 2.05) is 34.6 Å². The van der Waals surface area contributed by atoms with Gasteiger partial charge in [-0.3, -0.25) is 14.4 Å². The standard InChI is InChI=1S/C28H46N4O5/c1-8-23(34)32-27(5,6)9-10-30-26(36-16-18(2)3)22(15-29)25(35)31-24-19(4)11-20-12-21(24)14-28(7,13-20)37-17-33/h9-10,15,17-21,24,29-30H,8,11-14,16H2,1-7H3,(H,31,35)(H,32,34)/b10-9+,26-22-,29-15?/t19?,20?,21?,24?,28-/m0/s1. The number of ether oxygens (including phenoxy) is 2. The van der Waals surface area contributed by atoms with Crippen molar-refractivity contribution in [2.45, 2.75) is 97.8 Å². The van der Waals surface area contributed by atoms with Crippen molar-refractivity contribution in [3.8, 4) is 0 Å². The predicted molar refractivity (Wildman–Crippen MR) is 143 cm³/mol.